The summed E-state index contributed by atoms with van der Waals surface area (Å²) in [5, 5.41) is 7.96. The summed E-state index contributed by atoms with van der Waals surface area (Å²) in [5.41, 5.74) is 0.423. The van der Waals surface area contributed by atoms with Crippen molar-refractivity contribution in [1.29, 1.82) is 0 Å². The first kappa shape index (κ1) is 12.3. The van der Waals surface area contributed by atoms with Crippen LogP contribution in [0.15, 0.2) is 6.20 Å². The maximum atomic E-state index is 11.1. The van der Waals surface area contributed by atoms with Crippen molar-refractivity contribution < 1.29 is 9.59 Å². The zero-order valence-corrected chi connectivity index (χ0v) is 10.7. The summed E-state index contributed by atoms with van der Waals surface area (Å²) in [6.07, 6.45) is 3.74. The fraction of sp³-hybridized carbons (Fsp3) is 0.636. The van der Waals surface area contributed by atoms with Crippen LogP contribution < -0.4 is 0 Å². The van der Waals surface area contributed by atoms with Crippen LogP contribution in [-0.4, -0.2) is 31.6 Å². The lowest BCUT2D eigenvalue weighted by atomic mass is 9.82. The normalized spacial score (nSPS) is 23.2. The molecule has 0 aromatic carbocycles. The van der Waals surface area contributed by atoms with Gasteiger partial charge in [-0.25, -0.2) is 4.68 Å². The molecule has 92 valence electrons. The molecule has 2 rings (SSSR count). The van der Waals surface area contributed by atoms with E-state index in [2.05, 4.69) is 10.3 Å². The molecule has 5 nitrogen and oxygen atoms in total. The summed E-state index contributed by atoms with van der Waals surface area (Å²) in [5.74, 6) is 1.42. The standard InChI is InChI=1S/C11H15N3O2S/c1-7(15)11-5-14(13-12-11)10-3-9(4-10)6-17-8(2)16/h5,9-10H,3-4,6H2,1-2H3. The third kappa shape index (κ3) is 2.94. The molecule has 0 amide bonds. The summed E-state index contributed by atoms with van der Waals surface area (Å²) in [7, 11) is 0. The average molecular weight is 253 g/mol. The van der Waals surface area contributed by atoms with Crippen LogP contribution in [0, 0.1) is 5.92 Å². The third-order valence-corrected chi connectivity index (χ3v) is 4.02. The van der Waals surface area contributed by atoms with Gasteiger partial charge in [-0.1, -0.05) is 17.0 Å². The second-order valence-corrected chi connectivity index (χ2v) is 5.63. The number of hydrogen-bond donors (Lipinski definition) is 0. The monoisotopic (exact) mass is 253 g/mol. The quantitative estimate of drug-likeness (QED) is 0.764. The van der Waals surface area contributed by atoms with Gasteiger partial charge in [-0.05, 0) is 18.8 Å². The van der Waals surface area contributed by atoms with Gasteiger partial charge in [0, 0.05) is 19.6 Å². The van der Waals surface area contributed by atoms with E-state index in [1.807, 2.05) is 0 Å². The van der Waals surface area contributed by atoms with Crippen molar-refractivity contribution in [2.24, 2.45) is 5.92 Å². The first-order chi connectivity index (χ1) is 8.06. The van der Waals surface area contributed by atoms with Gasteiger partial charge in [0.1, 0.15) is 5.69 Å². The largest absolute Gasteiger partial charge is 0.293 e. The van der Waals surface area contributed by atoms with Crippen LogP contribution in [0.4, 0.5) is 0 Å². The molecule has 1 fully saturated rings. The Bertz CT molecular complexity index is 438. The van der Waals surface area contributed by atoms with E-state index in [4.69, 9.17) is 0 Å². The van der Waals surface area contributed by atoms with Crippen molar-refractivity contribution in [1.82, 2.24) is 15.0 Å². The fourth-order valence-corrected chi connectivity index (χ4v) is 2.65. The van der Waals surface area contributed by atoms with E-state index in [9.17, 15) is 9.59 Å². The molecule has 6 heteroatoms. The number of carbonyl (C=O) groups excluding carboxylic acids is 2. The summed E-state index contributed by atoms with van der Waals surface area (Å²) in [4.78, 5) is 21.9. The summed E-state index contributed by atoms with van der Waals surface area (Å²) >= 11 is 1.38. The minimum atomic E-state index is -0.0562. The Morgan fingerprint density at radius 2 is 2.18 bits per heavy atom. The van der Waals surface area contributed by atoms with Gasteiger partial charge in [0.25, 0.3) is 0 Å². The topological polar surface area (TPSA) is 64.8 Å². The van der Waals surface area contributed by atoms with Crippen LogP contribution in [0.3, 0.4) is 0 Å². The highest BCUT2D eigenvalue weighted by atomic mass is 32.2. The number of aromatic nitrogens is 3. The van der Waals surface area contributed by atoms with Gasteiger partial charge in [0.2, 0.25) is 0 Å². The van der Waals surface area contributed by atoms with Crippen LogP contribution in [-0.2, 0) is 4.79 Å². The number of ketones is 1. The number of nitrogens with zero attached hydrogens (tertiary/aromatic N) is 3. The molecule has 1 heterocycles. The van der Waals surface area contributed by atoms with Crippen molar-refractivity contribution in [3.63, 3.8) is 0 Å². The highest BCUT2D eigenvalue weighted by Crippen LogP contribution is 2.39. The van der Waals surface area contributed by atoms with Gasteiger partial charge in [-0.2, -0.15) is 0 Å². The molecule has 0 spiro atoms. The Morgan fingerprint density at radius 1 is 1.47 bits per heavy atom. The second-order valence-electron chi connectivity index (χ2n) is 4.43. The Kier molecular flexibility index (Phi) is 3.61. The minimum absolute atomic E-state index is 0.0562. The lowest BCUT2D eigenvalue weighted by Crippen LogP contribution is -2.29. The number of thioether (sulfide) groups is 1. The van der Waals surface area contributed by atoms with Gasteiger partial charge in [0.05, 0.1) is 12.2 Å². The van der Waals surface area contributed by atoms with Crippen molar-refractivity contribution in [2.75, 3.05) is 5.75 Å². The van der Waals surface area contributed by atoms with E-state index >= 15 is 0 Å². The van der Waals surface area contributed by atoms with E-state index in [0.29, 0.717) is 17.7 Å². The van der Waals surface area contributed by atoms with Gasteiger partial charge in [-0.15, -0.1) is 5.10 Å². The molecule has 0 N–H and O–H groups in total. The number of hydrogen-bond acceptors (Lipinski definition) is 5. The predicted molar refractivity (Wildman–Crippen MR) is 64.9 cm³/mol. The lowest BCUT2D eigenvalue weighted by Gasteiger charge is -2.34. The van der Waals surface area contributed by atoms with E-state index in [0.717, 1.165) is 18.6 Å². The molecule has 1 aromatic rings. The molecule has 0 atom stereocenters. The minimum Gasteiger partial charge on any atom is -0.293 e. The Balaban J connectivity index is 1.82. The van der Waals surface area contributed by atoms with Crippen LogP contribution in [0.1, 0.15) is 43.2 Å². The van der Waals surface area contributed by atoms with Gasteiger partial charge < -0.3 is 0 Å². The molecule has 17 heavy (non-hydrogen) atoms. The Hall–Kier alpha value is -1.17. The summed E-state index contributed by atoms with van der Waals surface area (Å²) in [6, 6.07) is 0.341. The van der Waals surface area contributed by atoms with E-state index in [1.54, 1.807) is 17.8 Å². The lowest BCUT2D eigenvalue weighted by molar-refractivity contribution is -0.109. The third-order valence-electron chi connectivity index (χ3n) is 2.98. The van der Waals surface area contributed by atoms with Crippen molar-refractivity contribution >= 4 is 22.7 Å². The zero-order chi connectivity index (χ0) is 12.4. The summed E-state index contributed by atoms with van der Waals surface area (Å²) in [6.45, 7) is 3.08. The molecular formula is C11H15N3O2S. The highest BCUT2D eigenvalue weighted by Gasteiger charge is 2.31. The van der Waals surface area contributed by atoms with E-state index in [-0.39, 0.29) is 10.9 Å². The molecule has 0 saturated heterocycles. The van der Waals surface area contributed by atoms with Gasteiger partial charge in [0.15, 0.2) is 10.9 Å². The van der Waals surface area contributed by atoms with Crippen LogP contribution in [0.25, 0.3) is 0 Å². The van der Waals surface area contributed by atoms with E-state index < -0.39 is 0 Å². The van der Waals surface area contributed by atoms with Gasteiger partial charge >= 0.3 is 0 Å². The first-order valence-electron chi connectivity index (χ1n) is 5.62. The molecule has 1 aromatic heterocycles. The fourth-order valence-electron chi connectivity index (χ4n) is 1.90. The van der Waals surface area contributed by atoms with Gasteiger partial charge in [-0.3, -0.25) is 9.59 Å². The van der Waals surface area contributed by atoms with Crippen LogP contribution in [0.5, 0.6) is 0 Å². The molecule has 0 aliphatic heterocycles. The first-order valence-corrected chi connectivity index (χ1v) is 6.61. The Labute approximate surface area is 104 Å². The van der Waals surface area contributed by atoms with Crippen LogP contribution >= 0.6 is 11.8 Å². The SMILES string of the molecule is CC(=O)SCC1CC(n2cc(C(C)=O)nn2)C1. The van der Waals surface area contributed by atoms with Crippen molar-refractivity contribution in [2.45, 2.75) is 32.7 Å². The maximum absolute atomic E-state index is 11.1. The van der Waals surface area contributed by atoms with Crippen molar-refractivity contribution in [3.05, 3.63) is 11.9 Å². The molecule has 1 aliphatic carbocycles. The molecule has 0 radical (unpaired) electrons. The van der Waals surface area contributed by atoms with Crippen molar-refractivity contribution in [3.8, 4) is 0 Å². The average Bonchev–Trinajstić information content (AvgIpc) is 2.63. The molecule has 1 aliphatic rings. The van der Waals surface area contributed by atoms with E-state index in [1.165, 1.54) is 18.7 Å². The number of Topliss-reactive ketones (excluding diaryl/α,β-unsaturated/α-hetero) is 1. The maximum Gasteiger partial charge on any atom is 0.185 e. The number of carbonyl (C=O) groups is 2. The smallest absolute Gasteiger partial charge is 0.185 e. The zero-order valence-electron chi connectivity index (χ0n) is 9.92. The molecule has 0 bridgehead atoms. The second kappa shape index (κ2) is 5.00. The predicted octanol–water partition coefficient (Wildman–Crippen LogP) is 1.71. The Morgan fingerprint density at radius 3 is 2.71 bits per heavy atom. The summed E-state index contributed by atoms with van der Waals surface area (Å²) < 4.78 is 1.77. The molecule has 0 unspecified atom stereocenters. The highest BCUT2D eigenvalue weighted by molar-refractivity contribution is 8.13. The van der Waals surface area contributed by atoms with Crippen LogP contribution in [0.2, 0.25) is 0 Å². The molecule has 1 saturated carbocycles. The number of rotatable bonds is 4. The molecular weight excluding hydrogens is 238 g/mol.